The Morgan fingerprint density at radius 3 is 2.52 bits per heavy atom. The molecule has 0 saturated carbocycles. The van der Waals surface area contributed by atoms with Crippen molar-refractivity contribution in [1.82, 2.24) is 9.55 Å². The summed E-state index contributed by atoms with van der Waals surface area (Å²) in [6.07, 6.45) is 12.3. The van der Waals surface area contributed by atoms with Gasteiger partial charge in [-0.1, -0.05) is 54.6 Å². The minimum Gasteiger partial charge on any atom is -0.478 e. The first-order valence-electron chi connectivity index (χ1n) is 13.0. The van der Waals surface area contributed by atoms with Crippen LogP contribution in [-0.2, 0) is 11.3 Å². The van der Waals surface area contributed by atoms with E-state index in [9.17, 15) is 18.7 Å². The van der Waals surface area contributed by atoms with Crippen molar-refractivity contribution in [3.63, 3.8) is 0 Å². The Hall–Kier alpha value is -4.62. The van der Waals surface area contributed by atoms with E-state index < -0.39 is 23.2 Å². The van der Waals surface area contributed by atoms with E-state index in [1.807, 2.05) is 47.9 Å². The normalized spacial score (nSPS) is 16.8. The third-order valence-electron chi connectivity index (χ3n) is 6.79. The van der Waals surface area contributed by atoms with Crippen LogP contribution in [-0.4, -0.2) is 32.8 Å². The molecule has 1 aliphatic carbocycles. The zero-order valence-electron chi connectivity index (χ0n) is 21.9. The van der Waals surface area contributed by atoms with Gasteiger partial charge in [-0.15, -0.1) is 0 Å². The van der Waals surface area contributed by atoms with Gasteiger partial charge in [0.25, 0.3) is 0 Å². The third-order valence-corrected chi connectivity index (χ3v) is 6.79. The summed E-state index contributed by atoms with van der Waals surface area (Å²) in [7, 11) is 0. The van der Waals surface area contributed by atoms with Crippen LogP contribution in [0.25, 0.3) is 22.9 Å². The lowest BCUT2D eigenvalue weighted by Gasteiger charge is -2.29. The maximum atomic E-state index is 14.6. The summed E-state index contributed by atoms with van der Waals surface area (Å²) in [5, 5.41) is 9.22. The van der Waals surface area contributed by atoms with Gasteiger partial charge in [-0.2, -0.15) is 0 Å². The molecule has 1 aromatic heterocycles. The summed E-state index contributed by atoms with van der Waals surface area (Å²) in [5.74, 6) is -1.82. The summed E-state index contributed by atoms with van der Waals surface area (Å²) in [6.45, 7) is 2.81. The molecule has 1 aliphatic rings. The molecular weight excluding hydrogens is 510 g/mol. The molecule has 40 heavy (non-hydrogen) atoms. The Balaban J connectivity index is 1.48. The van der Waals surface area contributed by atoms with Crippen LogP contribution in [0.4, 0.5) is 8.78 Å². The fraction of sp³-hybridized carbons (Fsp3) is 0.152. The first-order valence-corrected chi connectivity index (χ1v) is 13.0. The molecule has 0 bridgehead atoms. The van der Waals surface area contributed by atoms with Crippen molar-refractivity contribution in [3.05, 3.63) is 137 Å². The van der Waals surface area contributed by atoms with E-state index in [1.165, 1.54) is 24.3 Å². The number of benzene rings is 3. The molecule has 0 saturated heterocycles. The fourth-order valence-corrected chi connectivity index (χ4v) is 4.71. The zero-order chi connectivity index (χ0) is 28.1. The molecule has 7 heteroatoms. The Kier molecular flexibility index (Phi) is 7.84. The molecule has 0 spiro atoms. The molecule has 0 fully saturated rings. The fourth-order valence-electron chi connectivity index (χ4n) is 4.71. The van der Waals surface area contributed by atoms with E-state index >= 15 is 0 Å². The molecule has 5 nitrogen and oxygen atoms in total. The second-order valence-corrected chi connectivity index (χ2v) is 9.52. The number of halogens is 2. The molecule has 3 aromatic carbocycles. The molecule has 0 radical (unpaired) electrons. The van der Waals surface area contributed by atoms with Crippen molar-refractivity contribution in [2.75, 3.05) is 6.61 Å². The first kappa shape index (κ1) is 27.0. The number of carbonyl (C=O) groups is 1. The monoisotopic (exact) mass is 538 g/mol. The molecule has 0 amide bonds. The Bertz CT molecular complexity index is 1600. The van der Waals surface area contributed by atoms with Crippen molar-refractivity contribution in [1.29, 1.82) is 0 Å². The average Bonchev–Trinajstić information content (AvgIpc) is 3.35. The van der Waals surface area contributed by atoms with Crippen LogP contribution in [0.15, 0.2) is 103 Å². The molecule has 202 valence electrons. The van der Waals surface area contributed by atoms with Gasteiger partial charge < -0.3 is 14.4 Å². The topological polar surface area (TPSA) is 64.4 Å². The number of hydrogen-bond donors (Lipinski definition) is 1. The smallest absolute Gasteiger partial charge is 0.335 e. The van der Waals surface area contributed by atoms with Gasteiger partial charge >= 0.3 is 5.97 Å². The van der Waals surface area contributed by atoms with Crippen LogP contribution in [0, 0.1) is 11.6 Å². The highest BCUT2D eigenvalue weighted by Crippen LogP contribution is 2.32. The van der Waals surface area contributed by atoms with Crippen LogP contribution in [0.3, 0.4) is 0 Å². The third kappa shape index (κ3) is 6.00. The molecule has 0 aliphatic heterocycles. The van der Waals surface area contributed by atoms with Gasteiger partial charge in [0, 0.05) is 37.4 Å². The predicted octanol–water partition coefficient (Wildman–Crippen LogP) is 7.41. The minimum absolute atomic E-state index is 0.184. The average molecular weight is 539 g/mol. The maximum Gasteiger partial charge on any atom is 0.335 e. The number of carboxylic acid groups (broad SMARTS) is 1. The SMILES string of the molecule is CCOC1(/C=C/c2nc(-c3ccc(F)cc3F)cn2Cc2ccc(C(=O)O)cc2)C=CC(c2ccccc2)=CC1. The Labute approximate surface area is 231 Å². The van der Waals surface area contributed by atoms with Crippen molar-refractivity contribution in [3.8, 4) is 11.3 Å². The van der Waals surface area contributed by atoms with Crippen molar-refractivity contribution in [2.24, 2.45) is 0 Å². The molecule has 1 N–H and O–H groups in total. The number of aromatic nitrogens is 2. The van der Waals surface area contributed by atoms with E-state index in [0.717, 1.165) is 22.8 Å². The summed E-state index contributed by atoms with van der Waals surface area (Å²) >= 11 is 0. The van der Waals surface area contributed by atoms with E-state index in [2.05, 4.69) is 29.3 Å². The van der Waals surface area contributed by atoms with Gasteiger partial charge in [0.2, 0.25) is 0 Å². The van der Waals surface area contributed by atoms with Crippen LogP contribution >= 0.6 is 0 Å². The number of hydrogen-bond acceptors (Lipinski definition) is 3. The molecule has 4 aromatic rings. The van der Waals surface area contributed by atoms with Crippen molar-refractivity contribution < 1.29 is 23.4 Å². The second kappa shape index (κ2) is 11.6. The summed E-state index contributed by atoms with van der Waals surface area (Å²) in [4.78, 5) is 15.9. The van der Waals surface area contributed by atoms with Gasteiger partial charge in [-0.3, -0.25) is 0 Å². The van der Waals surface area contributed by atoms with Gasteiger partial charge in [-0.05, 0) is 66.1 Å². The highest BCUT2D eigenvalue weighted by atomic mass is 19.1. The lowest BCUT2D eigenvalue weighted by molar-refractivity contribution is 0.0388. The predicted molar refractivity (Wildman–Crippen MR) is 152 cm³/mol. The standard InChI is InChI=1S/C33H28F2N2O3/c1-2-40-33(17-14-25(15-18-33)24-6-4-3-5-7-24)19-16-31-36-30(28-13-12-27(34)20-29(28)35)22-37(31)21-23-8-10-26(11-9-23)32(38)39/h3-17,19-20,22H,2,18,21H2,1H3,(H,38,39)/b19-16+. The summed E-state index contributed by atoms with van der Waals surface area (Å²) in [5.41, 5.74) is 3.13. The number of rotatable bonds is 9. The van der Waals surface area contributed by atoms with Crippen molar-refractivity contribution >= 4 is 17.6 Å². The quantitative estimate of drug-likeness (QED) is 0.241. The lowest BCUT2D eigenvalue weighted by atomic mass is 9.89. The number of carboxylic acids is 1. The van der Waals surface area contributed by atoms with Crippen LogP contribution in [0.5, 0.6) is 0 Å². The largest absolute Gasteiger partial charge is 0.478 e. The highest BCUT2D eigenvalue weighted by molar-refractivity contribution is 5.87. The molecule has 1 unspecified atom stereocenters. The van der Waals surface area contributed by atoms with Crippen LogP contribution < -0.4 is 0 Å². The summed E-state index contributed by atoms with van der Waals surface area (Å²) < 4.78 is 36.2. The Morgan fingerprint density at radius 2 is 1.88 bits per heavy atom. The number of allylic oxidation sites excluding steroid dienone is 2. The number of imidazole rings is 1. The number of ether oxygens (including phenoxy) is 1. The van der Waals surface area contributed by atoms with E-state index in [0.29, 0.717) is 31.1 Å². The van der Waals surface area contributed by atoms with Gasteiger partial charge in [0.05, 0.1) is 11.3 Å². The number of nitrogens with zero attached hydrogens (tertiary/aromatic N) is 2. The van der Waals surface area contributed by atoms with Crippen LogP contribution in [0.1, 0.15) is 40.7 Å². The molecule has 5 rings (SSSR count). The maximum absolute atomic E-state index is 14.6. The van der Waals surface area contributed by atoms with E-state index in [-0.39, 0.29) is 11.1 Å². The molecular formula is C33H28F2N2O3. The Morgan fingerprint density at radius 1 is 1.10 bits per heavy atom. The van der Waals surface area contributed by atoms with Gasteiger partial charge in [0.1, 0.15) is 23.1 Å². The zero-order valence-corrected chi connectivity index (χ0v) is 21.9. The second-order valence-electron chi connectivity index (χ2n) is 9.52. The van der Waals surface area contributed by atoms with E-state index in [4.69, 9.17) is 4.74 Å². The molecule has 1 heterocycles. The minimum atomic E-state index is -1.00. The van der Waals surface area contributed by atoms with Crippen molar-refractivity contribution in [2.45, 2.75) is 25.5 Å². The summed E-state index contributed by atoms with van der Waals surface area (Å²) in [6, 6.07) is 20.1. The highest BCUT2D eigenvalue weighted by Gasteiger charge is 2.26. The van der Waals surface area contributed by atoms with E-state index in [1.54, 1.807) is 18.3 Å². The molecule has 1 atom stereocenters. The first-order chi connectivity index (χ1) is 19.4. The van der Waals surface area contributed by atoms with Gasteiger partial charge in [-0.25, -0.2) is 18.6 Å². The van der Waals surface area contributed by atoms with Gasteiger partial charge in [0.15, 0.2) is 0 Å². The van der Waals surface area contributed by atoms with Crippen LogP contribution in [0.2, 0.25) is 0 Å². The lowest BCUT2D eigenvalue weighted by Crippen LogP contribution is -2.28. The number of aromatic carboxylic acids is 1.